The van der Waals surface area contributed by atoms with Gasteiger partial charge < -0.3 is 4.74 Å². The van der Waals surface area contributed by atoms with Gasteiger partial charge in [0.25, 0.3) is 0 Å². The Morgan fingerprint density at radius 2 is 2.60 bits per heavy atom. The van der Waals surface area contributed by atoms with E-state index in [9.17, 15) is 9.18 Å². The second-order valence-corrected chi connectivity index (χ2v) is 1.40. The van der Waals surface area contributed by atoms with Gasteiger partial charge in [-0.15, -0.1) is 0 Å². The summed E-state index contributed by atoms with van der Waals surface area (Å²) < 4.78 is 15.8. The number of azide groups is 1. The Balaban J connectivity index is 4.05. The van der Waals surface area contributed by atoms with Crippen LogP contribution in [0, 0.1) is 0 Å². The van der Waals surface area contributed by atoms with Gasteiger partial charge in [-0.3, -0.25) is 9.18 Å². The van der Waals surface area contributed by atoms with Crippen LogP contribution in [-0.2, 0) is 9.53 Å². The first-order valence-corrected chi connectivity index (χ1v) is 2.44. The fraction of sp³-hybridized carbons (Fsp3) is 0.750. The Kier molecular flexibility index (Phi) is 3.99. The Bertz CT molecular complexity index is 166. The number of alkyl halides is 1. The molecule has 0 saturated heterocycles. The fourth-order valence-corrected chi connectivity index (χ4v) is 0.339. The van der Waals surface area contributed by atoms with Crippen molar-refractivity contribution in [3.05, 3.63) is 10.4 Å². The lowest BCUT2D eigenvalue weighted by molar-refractivity contribution is -0.142. The first kappa shape index (κ1) is 8.71. The van der Waals surface area contributed by atoms with Crippen LogP contribution in [0.3, 0.4) is 0 Å². The number of methoxy groups -OCH3 is 1. The number of esters is 1. The number of hydrogen-bond donors (Lipinski definition) is 0. The van der Waals surface area contributed by atoms with E-state index in [-0.39, 0.29) is 0 Å². The molecule has 6 heteroatoms. The number of hydrogen-bond acceptors (Lipinski definition) is 3. The zero-order valence-corrected chi connectivity index (χ0v) is 5.32. The number of carbonyl (C=O) groups excluding carboxylic acids is 1. The van der Waals surface area contributed by atoms with Gasteiger partial charge in [0.05, 0.1) is 7.11 Å². The standard InChI is InChI=1S/C4H6FN3O2/c1-10-4(9)3(2-5)7-8-6/h3H,2H2,1H3. The third-order valence-electron chi connectivity index (χ3n) is 0.810. The van der Waals surface area contributed by atoms with E-state index in [1.54, 1.807) is 0 Å². The average Bonchev–Trinajstić information content (AvgIpc) is 1.99. The number of nitrogens with zero attached hydrogens (tertiary/aromatic N) is 3. The van der Waals surface area contributed by atoms with Crippen molar-refractivity contribution in [3.8, 4) is 0 Å². The van der Waals surface area contributed by atoms with E-state index < -0.39 is 18.7 Å². The maximum atomic E-state index is 11.7. The van der Waals surface area contributed by atoms with Gasteiger partial charge in [0.1, 0.15) is 6.67 Å². The van der Waals surface area contributed by atoms with Crippen molar-refractivity contribution in [1.29, 1.82) is 0 Å². The smallest absolute Gasteiger partial charge is 0.317 e. The number of carbonyl (C=O) groups is 1. The van der Waals surface area contributed by atoms with Crippen molar-refractivity contribution >= 4 is 5.97 Å². The number of rotatable bonds is 3. The van der Waals surface area contributed by atoms with E-state index in [0.29, 0.717) is 0 Å². The molecule has 0 radical (unpaired) electrons. The van der Waals surface area contributed by atoms with E-state index in [1.807, 2.05) is 0 Å². The summed E-state index contributed by atoms with van der Waals surface area (Å²) >= 11 is 0. The Morgan fingerprint density at radius 3 is 2.90 bits per heavy atom. The summed E-state index contributed by atoms with van der Waals surface area (Å²) in [6, 6.07) is -1.34. The zero-order valence-electron chi connectivity index (χ0n) is 5.32. The van der Waals surface area contributed by atoms with Gasteiger partial charge >= 0.3 is 5.97 Å². The highest BCUT2D eigenvalue weighted by Gasteiger charge is 2.15. The van der Waals surface area contributed by atoms with Crippen LogP contribution in [0.2, 0.25) is 0 Å². The lowest BCUT2D eigenvalue weighted by atomic mass is 10.4. The zero-order chi connectivity index (χ0) is 7.98. The van der Waals surface area contributed by atoms with Gasteiger partial charge in [-0.1, -0.05) is 5.11 Å². The van der Waals surface area contributed by atoms with Gasteiger partial charge in [0.15, 0.2) is 6.04 Å². The number of ether oxygens (including phenoxy) is 1. The van der Waals surface area contributed by atoms with Crippen LogP contribution in [0.15, 0.2) is 5.11 Å². The molecular formula is C4H6FN3O2. The van der Waals surface area contributed by atoms with Gasteiger partial charge in [-0.2, -0.15) is 0 Å². The first-order valence-electron chi connectivity index (χ1n) is 2.44. The van der Waals surface area contributed by atoms with E-state index in [4.69, 9.17) is 5.53 Å². The van der Waals surface area contributed by atoms with Crippen LogP contribution in [0.1, 0.15) is 0 Å². The molecule has 0 aromatic carbocycles. The quantitative estimate of drug-likeness (QED) is 0.256. The molecule has 0 heterocycles. The van der Waals surface area contributed by atoms with Gasteiger partial charge in [0.2, 0.25) is 0 Å². The molecule has 5 nitrogen and oxygen atoms in total. The highest BCUT2D eigenvalue weighted by atomic mass is 19.1. The third-order valence-corrected chi connectivity index (χ3v) is 0.810. The molecule has 0 bridgehead atoms. The fourth-order valence-electron chi connectivity index (χ4n) is 0.339. The Hall–Kier alpha value is -1.29. The molecule has 0 N–H and O–H groups in total. The van der Waals surface area contributed by atoms with E-state index in [1.165, 1.54) is 0 Å². The van der Waals surface area contributed by atoms with Crippen LogP contribution < -0.4 is 0 Å². The molecule has 0 aliphatic carbocycles. The summed E-state index contributed by atoms with van der Waals surface area (Å²) in [6.45, 7) is -1.03. The molecule has 0 aromatic heterocycles. The minimum atomic E-state index is -1.34. The third kappa shape index (κ3) is 2.32. The molecule has 0 aromatic rings. The molecule has 10 heavy (non-hydrogen) atoms. The lowest BCUT2D eigenvalue weighted by Gasteiger charge is -2.01. The largest absolute Gasteiger partial charge is 0.469 e. The van der Waals surface area contributed by atoms with Crippen LogP contribution in [0.5, 0.6) is 0 Å². The van der Waals surface area contributed by atoms with Crippen LogP contribution in [0.25, 0.3) is 10.4 Å². The first-order chi connectivity index (χ1) is 4.76. The second kappa shape index (κ2) is 4.58. The molecule has 0 fully saturated rings. The van der Waals surface area contributed by atoms with E-state index in [0.717, 1.165) is 7.11 Å². The van der Waals surface area contributed by atoms with Crippen molar-refractivity contribution in [3.63, 3.8) is 0 Å². The molecule has 0 aliphatic rings. The van der Waals surface area contributed by atoms with Crippen LogP contribution in [-0.4, -0.2) is 25.8 Å². The van der Waals surface area contributed by atoms with Gasteiger partial charge in [0, 0.05) is 4.91 Å². The molecule has 0 saturated carbocycles. The maximum absolute atomic E-state index is 11.7. The maximum Gasteiger partial charge on any atom is 0.317 e. The van der Waals surface area contributed by atoms with E-state index in [2.05, 4.69) is 14.8 Å². The van der Waals surface area contributed by atoms with Crippen molar-refractivity contribution in [2.24, 2.45) is 5.11 Å². The minimum Gasteiger partial charge on any atom is -0.469 e. The Morgan fingerprint density at radius 1 is 2.00 bits per heavy atom. The van der Waals surface area contributed by atoms with Crippen molar-refractivity contribution < 1.29 is 13.9 Å². The Labute approximate surface area is 56.4 Å². The summed E-state index contributed by atoms with van der Waals surface area (Å²) in [5.74, 6) is -0.861. The predicted octanol–water partition coefficient (Wildman–Crippen LogP) is 0.808. The predicted molar refractivity (Wildman–Crippen MR) is 30.9 cm³/mol. The molecule has 0 rings (SSSR count). The molecular weight excluding hydrogens is 141 g/mol. The minimum absolute atomic E-state index is 0.861. The monoisotopic (exact) mass is 147 g/mol. The lowest BCUT2D eigenvalue weighted by Crippen LogP contribution is -2.21. The van der Waals surface area contributed by atoms with Crippen molar-refractivity contribution in [1.82, 2.24) is 0 Å². The normalized spacial score (nSPS) is 11.4. The summed E-state index contributed by atoms with van der Waals surface area (Å²) in [7, 11) is 1.10. The van der Waals surface area contributed by atoms with Gasteiger partial charge in [-0.05, 0) is 5.53 Å². The summed E-state index contributed by atoms with van der Waals surface area (Å²) in [6.07, 6.45) is 0. The highest BCUT2D eigenvalue weighted by molar-refractivity contribution is 5.75. The van der Waals surface area contributed by atoms with E-state index >= 15 is 0 Å². The average molecular weight is 147 g/mol. The van der Waals surface area contributed by atoms with Crippen LogP contribution in [0.4, 0.5) is 4.39 Å². The molecule has 0 spiro atoms. The summed E-state index contributed by atoms with van der Waals surface area (Å²) in [4.78, 5) is 12.7. The second-order valence-electron chi connectivity index (χ2n) is 1.40. The SMILES string of the molecule is COC(=O)C(CF)N=[N+]=[N-]. The molecule has 0 aliphatic heterocycles. The van der Waals surface area contributed by atoms with Crippen molar-refractivity contribution in [2.75, 3.05) is 13.8 Å². The van der Waals surface area contributed by atoms with Crippen molar-refractivity contribution in [2.45, 2.75) is 6.04 Å². The molecule has 1 unspecified atom stereocenters. The molecule has 1 atom stereocenters. The molecule has 0 amide bonds. The topological polar surface area (TPSA) is 75.1 Å². The summed E-state index contributed by atoms with van der Waals surface area (Å²) in [5, 5.41) is 2.84. The van der Waals surface area contributed by atoms with Gasteiger partial charge in [-0.25, -0.2) is 0 Å². The number of halogens is 1. The molecule has 56 valence electrons. The van der Waals surface area contributed by atoms with Crippen LogP contribution >= 0.6 is 0 Å². The highest BCUT2D eigenvalue weighted by Crippen LogP contribution is 1.95. The summed E-state index contributed by atoms with van der Waals surface area (Å²) in [5.41, 5.74) is 7.80.